The fourth-order valence-electron chi connectivity index (χ4n) is 5.03. The van der Waals surface area contributed by atoms with Gasteiger partial charge in [-0.05, 0) is 43.7 Å². The van der Waals surface area contributed by atoms with Gasteiger partial charge in [0, 0.05) is 72.6 Å². The molecule has 38 heavy (non-hydrogen) atoms. The van der Waals surface area contributed by atoms with Gasteiger partial charge in [-0.1, -0.05) is 23.7 Å². The van der Waals surface area contributed by atoms with E-state index in [-0.39, 0.29) is 23.8 Å². The third-order valence-corrected chi connectivity index (χ3v) is 7.49. The predicted octanol–water partition coefficient (Wildman–Crippen LogP) is 3.94. The molecule has 2 N–H and O–H groups in total. The van der Waals surface area contributed by atoms with Gasteiger partial charge in [-0.15, -0.1) is 0 Å². The van der Waals surface area contributed by atoms with E-state index in [1.807, 2.05) is 55.1 Å². The van der Waals surface area contributed by atoms with Crippen molar-refractivity contribution >= 4 is 17.5 Å². The molecule has 1 saturated carbocycles. The summed E-state index contributed by atoms with van der Waals surface area (Å²) in [6, 6.07) is 15.0. The first-order valence-corrected chi connectivity index (χ1v) is 12.9. The minimum absolute atomic E-state index is 0.0144. The van der Waals surface area contributed by atoms with Crippen molar-refractivity contribution in [2.24, 2.45) is 24.6 Å². The number of aromatic nitrogens is 5. The molecule has 1 aliphatic carbocycles. The topological polar surface area (TPSA) is 112 Å². The summed E-state index contributed by atoms with van der Waals surface area (Å²) in [6.07, 6.45) is 3.33. The number of aryl methyl sites for hydroxylation is 1. The van der Waals surface area contributed by atoms with Crippen LogP contribution in [0.3, 0.4) is 0 Å². The van der Waals surface area contributed by atoms with Gasteiger partial charge in [0.15, 0.2) is 5.82 Å². The average molecular weight is 530 g/mol. The van der Waals surface area contributed by atoms with Crippen molar-refractivity contribution in [3.8, 4) is 28.7 Å². The number of likely N-dealkylation sites (tertiary alicyclic amines) is 1. The van der Waals surface area contributed by atoms with Gasteiger partial charge in [-0.3, -0.25) is 9.48 Å². The average Bonchev–Trinajstić information content (AvgIpc) is 3.22. The van der Waals surface area contributed by atoms with Crippen molar-refractivity contribution in [2.45, 2.75) is 25.5 Å². The number of nitrogens with zero attached hydrogens (tertiary/aromatic N) is 6. The molecule has 10 heteroatoms. The number of benzene rings is 1. The van der Waals surface area contributed by atoms with Crippen LogP contribution in [0.4, 0.5) is 0 Å². The number of rotatable bonds is 6. The van der Waals surface area contributed by atoms with Crippen LogP contribution in [-0.2, 0) is 12.6 Å². The highest BCUT2D eigenvalue weighted by Crippen LogP contribution is 2.48. The summed E-state index contributed by atoms with van der Waals surface area (Å²) in [5, 5.41) is 5.10. The number of fused-ring (bicyclic) bond motifs is 1. The largest absolute Gasteiger partial charge is 0.474 e. The molecule has 194 valence electrons. The molecule has 4 heterocycles. The maximum Gasteiger partial charge on any atom is 0.272 e. The zero-order valence-electron chi connectivity index (χ0n) is 21.4. The van der Waals surface area contributed by atoms with Crippen molar-refractivity contribution in [1.29, 1.82) is 0 Å². The molecule has 0 unspecified atom stereocenters. The second-order valence-corrected chi connectivity index (χ2v) is 11.0. The molecule has 1 saturated heterocycles. The van der Waals surface area contributed by atoms with Crippen molar-refractivity contribution in [1.82, 2.24) is 29.6 Å². The lowest BCUT2D eigenvalue weighted by atomic mass is 9.95. The zero-order chi connectivity index (χ0) is 26.6. The first-order valence-electron chi connectivity index (χ1n) is 12.5. The number of hydrogen-bond donors (Lipinski definition) is 1. The first kappa shape index (κ1) is 24.5. The van der Waals surface area contributed by atoms with Gasteiger partial charge in [-0.2, -0.15) is 5.10 Å². The van der Waals surface area contributed by atoms with Gasteiger partial charge in [0.2, 0.25) is 5.88 Å². The maximum atomic E-state index is 13.3. The predicted molar refractivity (Wildman–Crippen MR) is 143 cm³/mol. The second kappa shape index (κ2) is 9.18. The van der Waals surface area contributed by atoms with E-state index in [2.05, 4.69) is 15.1 Å². The van der Waals surface area contributed by atoms with E-state index in [0.29, 0.717) is 41.2 Å². The number of carbonyl (C=O) groups excluding carboxylic acids is 1. The molecule has 1 aromatic carbocycles. The van der Waals surface area contributed by atoms with Crippen molar-refractivity contribution in [3.63, 3.8) is 0 Å². The molecule has 1 aliphatic heterocycles. The first-order chi connectivity index (χ1) is 18.2. The summed E-state index contributed by atoms with van der Waals surface area (Å²) in [4.78, 5) is 28.4. The van der Waals surface area contributed by atoms with Crippen LogP contribution >= 0.6 is 11.6 Å². The zero-order valence-corrected chi connectivity index (χ0v) is 22.1. The summed E-state index contributed by atoms with van der Waals surface area (Å²) in [5.74, 6) is 1.51. The van der Waals surface area contributed by atoms with Crippen LogP contribution in [0.5, 0.6) is 5.88 Å². The summed E-state index contributed by atoms with van der Waals surface area (Å²) in [7, 11) is 1.76. The Bertz CT molecular complexity index is 1490. The molecule has 1 amide bonds. The number of hydrogen-bond acceptors (Lipinski definition) is 7. The Kier molecular flexibility index (Phi) is 5.92. The Balaban J connectivity index is 1.16. The summed E-state index contributed by atoms with van der Waals surface area (Å²) in [6.45, 7) is 5.17. The fourth-order valence-corrected chi connectivity index (χ4v) is 5.15. The lowest BCUT2D eigenvalue weighted by Gasteiger charge is -2.22. The molecule has 3 aromatic heterocycles. The SMILES string of the molecule is Cn1nc(-c2ncccn2)cc1C(=O)N1C[C@@H]2[C@H](C1)[C@@H]2Oc1cc(C(C)(C)N)cc(-c2ccc(Cl)cc2)n1. The van der Waals surface area contributed by atoms with Crippen LogP contribution in [0.2, 0.25) is 5.02 Å². The highest BCUT2D eigenvalue weighted by molar-refractivity contribution is 6.30. The molecular weight excluding hydrogens is 502 g/mol. The number of pyridine rings is 1. The van der Waals surface area contributed by atoms with Crippen LogP contribution in [-0.4, -0.2) is 54.7 Å². The van der Waals surface area contributed by atoms with E-state index in [1.165, 1.54) is 0 Å². The number of piperidine rings is 1. The van der Waals surface area contributed by atoms with E-state index in [1.54, 1.807) is 36.3 Å². The number of amides is 1. The molecule has 9 nitrogen and oxygen atoms in total. The number of nitrogens with two attached hydrogens (primary N) is 1. The Hall–Kier alpha value is -3.82. The molecule has 2 aliphatic rings. The normalized spacial score (nSPS) is 20.3. The Morgan fingerprint density at radius 1 is 1.05 bits per heavy atom. The molecular formula is C28H28ClN7O2. The van der Waals surface area contributed by atoms with E-state index in [4.69, 9.17) is 27.1 Å². The quantitative estimate of drug-likeness (QED) is 0.402. The lowest BCUT2D eigenvalue weighted by Crippen LogP contribution is -2.34. The molecule has 4 aromatic rings. The molecule has 0 radical (unpaired) electrons. The highest BCUT2D eigenvalue weighted by Gasteiger charge is 2.59. The van der Waals surface area contributed by atoms with Crippen LogP contribution < -0.4 is 10.5 Å². The van der Waals surface area contributed by atoms with Crippen LogP contribution in [0.25, 0.3) is 22.8 Å². The van der Waals surface area contributed by atoms with Crippen molar-refractivity contribution in [3.05, 3.63) is 77.2 Å². The van der Waals surface area contributed by atoms with E-state index in [9.17, 15) is 4.79 Å². The second-order valence-electron chi connectivity index (χ2n) is 10.5. The van der Waals surface area contributed by atoms with E-state index >= 15 is 0 Å². The van der Waals surface area contributed by atoms with Gasteiger partial charge in [0.25, 0.3) is 5.91 Å². The van der Waals surface area contributed by atoms with Crippen LogP contribution in [0.15, 0.2) is 60.9 Å². The van der Waals surface area contributed by atoms with Crippen molar-refractivity contribution < 1.29 is 9.53 Å². The molecule has 6 rings (SSSR count). The monoisotopic (exact) mass is 529 g/mol. The summed E-state index contributed by atoms with van der Waals surface area (Å²) < 4.78 is 7.96. The van der Waals surface area contributed by atoms with Crippen LogP contribution in [0.1, 0.15) is 29.9 Å². The van der Waals surface area contributed by atoms with E-state index < -0.39 is 5.54 Å². The number of ether oxygens (including phenoxy) is 1. The van der Waals surface area contributed by atoms with Crippen LogP contribution in [0, 0.1) is 11.8 Å². The van der Waals surface area contributed by atoms with Gasteiger partial charge in [0.1, 0.15) is 17.5 Å². The maximum absolute atomic E-state index is 13.3. The minimum Gasteiger partial charge on any atom is -0.474 e. The minimum atomic E-state index is -0.558. The Labute approximate surface area is 225 Å². The van der Waals surface area contributed by atoms with Gasteiger partial charge in [-0.25, -0.2) is 15.0 Å². The Morgan fingerprint density at radius 3 is 2.39 bits per heavy atom. The number of halogens is 1. The molecule has 0 spiro atoms. The van der Waals surface area contributed by atoms with Gasteiger partial charge < -0.3 is 15.4 Å². The third-order valence-electron chi connectivity index (χ3n) is 7.24. The summed E-state index contributed by atoms with van der Waals surface area (Å²) >= 11 is 6.07. The standard InChI is InChI=1S/C28H28ClN7O2/c1-28(2,30)17-11-21(16-5-7-18(29)8-6-16)33-24(12-17)38-25-19-14-36(15-20(19)25)27(37)23-13-22(34-35(23)3)26-31-9-4-10-32-26/h4-13,19-20,25H,14-15,30H2,1-3H3/t19-,20+,25-. The Morgan fingerprint density at radius 2 is 1.74 bits per heavy atom. The smallest absolute Gasteiger partial charge is 0.272 e. The molecule has 3 atom stereocenters. The van der Waals surface area contributed by atoms with Crippen molar-refractivity contribution in [2.75, 3.05) is 13.1 Å². The fraction of sp³-hybridized carbons (Fsp3) is 0.321. The molecule has 0 bridgehead atoms. The number of carbonyl (C=O) groups is 1. The lowest BCUT2D eigenvalue weighted by molar-refractivity contribution is 0.0740. The van der Waals surface area contributed by atoms with E-state index in [0.717, 1.165) is 16.8 Å². The van der Waals surface area contributed by atoms with Gasteiger partial charge >= 0.3 is 0 Å². The molecule has 2 fully saturated rings. The van der Waals surface area contributed by atoms with Gasteiger partial charge in [0.05, 0.1) is 5.69 Å². The highest BCUT2D eigenvalue weighted by atomic mass is 35.5. The summed E-state index contributed by atoms with van der Waals surface area (Å²) in [5.41, 5.74) is 9.62. The third kappa shape index (κ3) is 4.63.